The molecule has 0 unspecified atom stereocenters. The van der Waals surface area contributed by atoms with Crippen molar-refractivity contribution in [1.29, 1.82) is 0 Å². The van der Waals surface area contributed by atoms with Crippen LogP contribution in [0, 0.1) is 11.8 Å². The first-order chi connectivity index (χ1) is 10.3. The van der Waals surface area contributed by atoms with Crippen molar-refractivity contribution in [2.75, 3.05) is 13.2 Å². The Kier molecular flexibility index (Phi) is 5.07. The largest absolute Gasteiger partial charge is 0.493 e. The van der Waals surface area contributed by atoms with Gasteiger partial charge in [0.25, 0.3) is 0 Å². The van der Waals surface area contributed by atoms with Crippen LogP contribution in [0.5, 0.6) is 5.75 Å². The fraction of sp³-hybridized carbons (Fsp3) is 0.667. The van der Waals surface area contributed by atoms with Crippen LogP contribution in [0.2, 0.25) is 5.02 Å². The standard InChI is InChI=1S/C18H26ClNO/c1-2-13-3-5-14(6-4-13)11-20-12-16-10-17(19)9-15-7-8-21-18(15)16/h9-10,13-14,20H,2-8,11-12H2,1H3. The zero-order valence-electron chi connectivity index (χ0n) is 13.0. The molecule has 1 saturated carbocycles. The number of nitrogens with one attached hydrogen (secondary N) is 1. The first kappa shape index (κ1) is 15.2. The van der Waals surface area contributed by atoms with Crippen LogP contribution in [0.4, 0.5) is 0 Å². The Morgan fingerprint density at radius 3 is 2.71 bits per heavy atom. The molecule has 1 N–H and O–H groups in total. The highest BCUT2D eigenvalue weighted by molar-refractivity contribution is 6.30. The molecule has 0 amide bonds. The summed E-state index contributed by atoms with van der Waals surface area (Å²) in [6.45, 7) is 5.11. The van der Waals surface area contributed by atoms with Gasteiger partial charge in [-0.25, -0.2) is 0 Å². The van der Waals surface area contributed by atoms with Crippen LogP contribution < -0.4 is 10.1 Å². The van der Waals surface area contributed by atoms with Gasteiger partial charge in [-0.1, -0.05) is 37.8 Å². The van der Waals surface area contributed by atoms with E-state index >= 15 is 0 Å². The number of hydrogen-bond acceptors (Lipinski definition) is 2. The molecule has 1 aromatic carbocycles. The molecule has 21 heavy (non-hydrogen) atoms. The summed E-state index contributed by atoms with van der Waals surface area (Å²) in [6.07, 6.45) is 7.94. The predicted octanol–water partition coefficient (Wildman–Crippen LogP) is 4.58. The molecule has 0 bridgehead atoms. The zero-order chi connectivity index (χ0) is 14.7. The van der Waals surface area contributed by atoms with Gasteiger partial charge in [-0.2, -0.15) is 0 Å². The molecule has 1 aliphatic heterocycles. The number of halogens is 1. The van der Waals surface area contributed by atoms with E-state index in [0.717, 1.165) is 48.7 Å². The van der Waals surface area contributed by atoms with Crippen molar-refractivity contribution in [3.63, 3.8) is 0 Å². The van der Waals surface area contributed by atoms with Gasteiger partial charge in [0.05, 0.1) is 6.61 Å². The lowest BCUT2D eigenvalue weighted by atomic mass is 9.81. The van der Waals surface area contributed by atoms with Gasteiger partial charge < -0.3 is 10.1 Å². The quantitative estimate of drug-likeness (QED) is 0.859. The molecule has 1 heterocycles. The molecule has 2 nitrogen and oxygen atoms in total. The summed E-state index contributed by atoms with van der Waals surface area (Å²) in [6, 6.07) is 4.09. The Morgan fingerprint density at radius 2 is 1.95 bits per heavy atom. The van der Waals surface area contributed by atoms with Crippen molar-refractivity contribution in [3.05, 3.63) is 28.3 Å². The van der Waals surface area contributed by atoms with Gasteiger partial charge in [-0.05, 0) is 48.9 Å². The van der Waals surface area contributed by atoms with E-state index in [1.54, 1.807) is 0 Å². The second-order valence-electron chi connectivity index (χ2n) is 6.58. The maximum Gasteiger partial charge on any atom is 0.127 e. The zero-order valence-corrected chi connectivity index (χ0v) is 13.7. The van der Waals surface area contributed by atoms with Crippen LogP contribution >= 0.6 is 11.6 Å². The molecule has 0 aromatic heterocycles. The van der Waals surface area contributed by atoms with Gasteiger partial charge in [-0.15, -0.1) is 0 Å². The molecule has 1 aliphatic carbocycles. The van der Waals surface area contributed by atoms with E-state index in [2.05, 4.69) is 12.2 Å². The second-order valence-corrected chi connectivity index (χ2v) is 7.01. The van der Waals surface area contributed by atoms with E-state index in [9.17, 15) is 0 Å². The highest BCUT2D eigenvalue weighted by Gasteiger charge is 2.20. The Hall–Kier alpha value is -0.730. The van der Waals surface area contributed by atoms with Gasteiger partial charge in [0, 0.05) is 23.6 Å². The van der Waals surface area contributed by atoms with E-state index in [1.165, 1.54) is 43.2 Å². The van der Waals surface area contributed by atoms with Crippen LogP contribution in [0.15, 0.2) is 12.1 Å². The van der Waals surface area contributed by atoms with E-state index in [0.29, 0.717) is 0 Å². The lowest BCUT2D eigenvalue weighted by Crippen LogP contribution is -2.26. The van der Waals surface area contributed by atoms with E-state index in [1.807, 2.05) is 12.1 Å². The topological polar surface area (TPSA) is 21.3 Å². The van der Waals surface area contributed by atoms with Crippen molar-refractivity contribution in [1.82, 2.24) is 5.32 Å². The lowest BCUT2D eigenvalue weighted by Gasteiger charge is -2.28. The van der Waals surface area contributed by atoms with Crippen molar-refractivity contribution in [3.8, 4) is 5.75 Å². The maximum atomic E-state index is 6.20. The molecule has 0 saturated heterocycles. The monoisotopic (exact) mass is 307 g/mol. The fourth-order valence-electron chi connectivity index (χ4n) is 3.73. The van der Waals surface area contributed by atoms with Crippen LogP contribution in [0.1, 0.15) is 50.2 Å². The number of hydrogen-bond donors (Lipinski definition) is 1. The van der Waals surface area contributed by atoms with Crippen LogP contribution in [0.3, 0.4) is 0 Å². The van der Waals surface area contributed by atoms with E-state index in [4.69, 9.17) is 16.3 Å². The third-order valence-corrected chi connectivity index (χ3v) is 5.34. The van der Waals surface area contributed by atoms with Gasteiger partial charge in [0.15, 0.2) is 0 Å². The summed E-state index contributed by atoms with van der Waals surface area (Å²) in [4.78, 5) is 0. The molecule has 1 aromatic rings. The normalized spacial score (nSPS) is 24.7. The molecule has 2 aliphatic rings. The first-order valence-corrected chi connectivity index (χ1v) is 8.79. The summed E-state index contributed by atoms with van der Waals surface area (Å²) in [5.74, 6) is 2.90. The van der Waals surface area contributed by atoms with E-state index in [-0.39, 0.29) is 0 Å². The first-order valence-electron chi connectivity index (χ1n) is 8.41. The number of benzene rings is 1. The van der Waals surface area contributed by atoms with Crippen molar-refractivity contribution >= 4 is 11.6 Å². The Labute approximate surface area is 133 Å². The highest BCUT2D eigenvalue weighted by atomic mass is 35.5. The average molecular weight is 308 g/mol. The van der Waals surface area contributed by atoms with Gasteiger partial charge >= 0.3 is 0 Å². The maximum absolute atomic E-state index is 6.20. The summed E-state index contributed by atoms with van der Waals surface area (Å²) in [5, 5.41) is 4.46. The second kappa shape index (κ2) is 7.02. The van der Waals surface area contributed by atoms with E-state index < -0.39 is 0 Å². The van der Waals surface area contributed by atoms with Gasteiger partial charge in [0.2, 0.25) is 0 Å². The minimum absolute atomic E-state index is 0.795. The molecule has 116 valence electrons. The number of rotatable bonds is 5. The molecule has 0 atom stereocenters. The van der Waals surface area contributed by atoms with Crippen molar-refractivity contribution < 1.29 is 4.74 Å². The number of fused-ring (bicyclic) bond motifs is 1. The Bertz CT molecular complexity index is 480. The highest BCUT2D eigenvalue weighted by Crippen LogP contribution is 2.33. The third kappa shape index (κ3) is 3.73. The predicted molar refractivity (Wildman–Crippen MR) is 88.1 cm³/mol. The Balaban J connectivity index is 1.50. The third-order valence-electron chi connectivity index (χ3n) is 5.12. The SMILES string of the molecule is CCC1CCC(CNCc2cc(Cl)cc3c2OCC3)CC1. The van der Waals surface area contributed by atoms with Gasteiger partial charge in [0.1, 0.15) is 5.75 Å². The molecule has 0 radical (unpaired) electrons. The molecular weight excluding hydrogens is 282 g/mol. The van der Waals surface area contributed by atoms with Crippen molar-refractivity contribution in [2.24, 2.45) is 11.8 Å². The summed E-state index contributed by atoms with van der Waals surface area (Å²) in [7, 11) is 0. The minimum Gasteiger partial charge on any atom is -0.493 e. The summed E-state index contributed by atoms with van der Waals surface area (Å²) >= 11 is 6.20. The summed E-state index contributed by atoms with van der Waals surface area (Å²) < 4.78 is 5.76. The van der Waals surface area contributed by atoms with Gasteiger partial charge in [-0.3, -0.25) is 0 Å². The molecule has 1 fully saturated rings. The molecule has 3 heteroatoms. The van der Waals surface area contributed by atoms with Crippen molar-refractivity contribution in [2.45, 2.75) is 52.0 Å². The fourth-order valence-corrected chi connectivity index (χ4v) is 4.00. The van der Waals surface area contributed by atoms with Crippen LogP contribution in [-0.4, -0.2) is 13.2 Å². The summed E-state index contributed by atoms with van der Waals surface area (Å²) in [5.41, 5.74) is 2.49. The lowest BCUT2D eigenvalue weighted by molar-refractivity contribution is 0.262. The number of ether oxygens (including phenoxy) is 1. The smallest absolute Gasteiger partial charge is 0.127 e. The van der Waals surface area contributed by atoms with Crippen LogP contribution in [-0.2, 0) is 13.0 Å². The van der Waals surface area contributed by atoms with Crippen LogP contribution in [0.25, 0.3) is 0 Å². The molecule has 0 spiro atoms. The minimum atomic E-state index is 0.795. The Morgan fingerprint density at radius 1 is 1.19 bits per heavy atom. The average Bonchev–Trinajstić information content (AvgIpc) is 2.96. The molecule has 3 rings (SSSR count). The molecular formula is C18H26ClNO.